The summed E-state index contributed by atoms with van der Waals surface area (Å²) < 4.78 is 7.47. The number of hydrogen-bond acceptors (Lipinski definition) is 4. The quantitative estimate of drug-likeness (QED) is 0.619. The smallest absolute Gasteiger partial charge is 0.261 e. The molecule has 2 aliphatic heterocycles. The second-order valence-corrected chi connectivity index (χ2v) is 5.98. The van der Waals surface area contributed by atoms with E-state index in [1.165, 1.54) is 0 Å². The Morgan fingerprint density at radius 2 is 2.38 bits per heavy atom. The summed E-state index contributed by atoms with van der Waals surface area (Å²) in [6, 6.07) is 1.79. The van der Waals surface area contributed by atoms with Gasteiger partial charge in [0.25, 0.3) is 5.56 Å². The fourth-order valence-corrected chi connectivity index (χ4v) is 3.24. The molecule has 1 aromatic rings. The highest BCUT2D eigenvalue weighted by Gasteiger charge is 2.24. The van der Waals surface area contributed by atoms with Crippen LogP contribution in [0, 0.1) is 5.41 Å². The molecule has 21 heavy (non-hydrogen) atoms. The second kappa shape index (κ2) is 5.61. The van der Waals surface area contributed by atoms with Crippen LogP contribution in [0.5, 0.6) is 0 Å². The van der Waals surface area contributed by atoms with Gasteiger partial charge in [-0.15, -0.1) is 0 Å². The molecule has 3 heterocycles. The molecule has 0 saturated carbocycles. The molecule has 3 N–H and O–H groups in total. The summed E-state index contributed by atoms with van der Waals surface area (Å²) in [6.45, 7) is 3.08. The number of nitrogen functional groups attached to an aromatic ring is 1. The minimum atomic E-state index is -0.155. The van der Waals surface area contributed by atoms with E-state index in [-0.39, 0.29) is 17.5 Å². The Morgan fingerprint density at radius 3 is 3.05 bits per heavy atom. The van der Waals surface area contributed by atoms with E-state index in [0.29, 0.717) is 12.1 Å². The van der Waals surface area contributed by atoms with Crippen LogP contribution in [-0.2, 0) is 24.2 Å². The third-order valence-corrected chi connectivity index (χ3v) is 4.36. The topological polar surface area (TPSA) is 84.3 Å². The lowest BCUT2D eigenvalue weighted by Crippen LogP contribution is -2.39. The number of amidine groups is 1. The first-order valence-corrected chi connectivity index (χ1v) is 7.46. The molecule has 0 spiro atoms. The fourth-order valence-electron chi connectivity index (χ4n) is 3.24. The van der Waals surface area contributed by atoms with Crippen molar-refractivity contribution in [3.8, 4) is 0 Å². The van der Waals surface area contributed by atoms with Crippen molar-refractivity contribution in [3.63, 3.8) is 0 Å². The molecule has 0 radical (unpaired) electrons. The molecule has 114 valence electrons. The molecule has 1 saturated heterocycles. The van der Waals surface area contributed by atoms with Gasteiger partial charge in [-0.2, -0.15) is 0 Å². The van der Waals surface area contributed by atoms with E-state index >= 15 is 0 Å². The summed E-state index contributed by atoms with van der Waals surface area (Å²) >= 11 is 0. The second-order valence-electron chi connectivity index (χ2n) is 5.98. The van der Waals surface area contributed by atoms with Crippen LogP contribution in [0.2, 0.25) is 0 Å². The molecule has 1 aromatic heterocycles. The van der Waals surface area contributed by atoms with Crippen LogP contribution in [0.1, 0.15) is 29.7 Å². The highest BCUT2D eigenvalue weighted by molar-refractivity contribution is 5.94. The first kappa shape index (κ1) is 14.3. The molecular weight excluding hydrogens is 268 g/mol. The van der Waals surface area contributed by atoms with E-state index in [1.54, 1.807) is 10.6 Å². The molecule has 0 aliphatic carbocycles. The van der Waals surface area contributed by atoms with Gasteiger partial charge in [0, 0.05) is 31.8 Å². The van der Waals surface area contributed by atoms with Crippen LogP contribution in [0.25, 0.3) is 0 Å². The fraction of sp³-hybridized carbons (Fsp3) is 0.600. The molecule has 1 atom stereocenters. The van der Waals surface area contributed by atoms with Crippen LogP contribution >= 0.6 is 0 Å². The Labute approximate surface area is 124 Å². The van der Waals surface area contributed by atoms with Crippen molar-refractivity contribution < 1.29 is 4.74 Å². The van der Waals surface area contributed by atoms with Gasteiger partial charge in [-0.1, -0.05) is 0 Å². The summed E-state index contributed by atoms with van der Waals surface area (Å²) in [5.41, 5.74) is 7.93. The highest BCUT2D eigenvalue weighted by atomic mass is 16.5. The number of nitrogens with two attached hydrogens (primary N) is 1. The van der Waals surface area contributed by atoms with Gasteiger partial charge in [-0.25, -0.2) is 0 Å². The molecule has 6 heteroatoms. The van der Waals surface area contributed by atoms with Crippen LogP contribution in [-0.4, -0.2) is 41.6 Å². The zero-order chi connectivity index (χ0) is 15.0. The molecule has 0 bridgehead atoms. The number of aromatic nitrogens is 1. The molecule has 3 rings (SSSR count). The van der Waals surface area contributed by atoms with Gasteiger partial charge in [0.1, 0.15) is 5.84 Å². The summed E-state index contributed by atoms with van der Waals surface area (Å²) in [6.07, 6.45) is 3.00. The van der Waals surface area contributed by atoms with Gasteiger partial charge in [0.15, 0.2) is 0 Å². The van der Waals surface area contributed by atoms with Crippen molar-refractivity contribution in [2.45, 2.75) is 38.5 Å². The number of nitrogens with one attached hydrogen (secondary N) is 1. The Kier molecular flexibility index (Phi) is 3.82. The Bertz CT molecular complexity index is 617. The van der Waals surface area contributed by atoms with Crippen molar-refractivity contribution >= 4 is 5.84 Å². The molecule has 1 unspecified atom stereocenters. The van der Waals surface area contributed by atoms with Crippen LogP contribution in [0.15, 0.2) is 10.9 Å². The Balaban J connectivity index is 2.06. The largest absolute Gasteiger partial charge is 0.384 e. The van der Waals surface area contributed by atoms with Gasteiger partial charge in [-0.05, 0) is 31.5 Å². The zero-order valence-corrected chi connectivity index (χ0v) is 12.4. The number of rotatable bonds is 3. The lowest BCUT2D eigenvalue weighted by molar-refractivity contribution is 0.0948. The van der Waals surface area contributed by atoms with Crippen molar-refractivity contribution in [1.29, 1.82) is 5.41 Å². The first-order valence-electron chi connectivity index (χ1n) is 7.46. The van der Waals surface area contributed by atoms with Gasteiger partial charge >= 0.3 is 0 Å². The Hall–Kier alpha value is -1.66. The van der Waals surface area contributed by atoms with E-state index in [9.17, 15) is 4.79 Å². The molecule has 0 aromatic carbocycles. The summed E-state index contributed by atoms with van der Waals surface area (Å²) in [5.74, 6) is -0.155. The summed E-state index contributed by atoms with van der Waals surface area (Å²) in [5, 5.41) is 7.64. The number of fused-ring (bicyclic) bond motifs is 1. The van der Waals surface area contributed by atoms with Crippen LogP contribution in [0.4, 0.5) is 0 Å². The number of hydrogen-bond donors (Lipinski definition) is 2. The van der Waals surface area contributed by atoms with Crippen molar-refractivity contribution in [2.75, 3.05) is 20.2 Å². The molecule has 1 fully saturated rings. The third-order valence-electron chi connectivity index (χ3n) is 4.36. The third kappa shape index (κ3) is 2.73. The van der Waals surface area contributed by atoms with E-state index in [1.807, 2.05) is 0 Å². The predicted octanol–water partition coefficient (Wildman–Crippen LogP) is 0.299. The molecule has 2 aliphatic rings. The van der Waals surface area contributed by atoms with Gasteiger partial charge in [0.2, 0.25) is 0 Å². The minimum Gasteiger partial charge on any atom is -0.384 e. The molecule has 6 nitrogen and oxygen atoms in total. The monoisotopic (exact) mass is 290 g/mol. The normalized spacial score (nSPS) is 22.2. The van der Waals surface area contributed by atoms with Gasteiger partial charge < -0.3 is 19.9 Å². The number of likely N-dealkylation sites (N-methyl/N-ethyl adjacent to an activating group) is 1. The summed E-state index contributed by atoms with van der Waals surface area (Å²) in [7, 11) is 2.06. The average Bonchev–Trinajstić information content (AvgIpc) is 2.94. The first-order chi connectivity index (χ1) is 10.1. The predicted molar refractivity (Wildman–Crippen MR) is 80.7 cm³/mol. The SMILES string of the molecule is CN1CCc2c(cc(C(=N)N)c(=O)n2CC2CCCO2)C1. The van der Waals surface area contributed by atoms with Crippen LogP contribution < -0.4 is 11.3 Å². The maximum absolute atomic E-state index is 12.6. The van der Waals surface area contributed by atoms with Gasteiger partial charge in [-0.3, -0.25) is 10.2 Å². The van der Waals surface area contributed by atoms with Crippen LogP contribution in [0.3, 0.4) is 0 Å². The van der Waals surface area contributed by atoms with E-state index in [2.05, 4.69) is 11.9 Å². The standard InChI is InChI=1S/C15H22N4O2/c1-18-5-4-13-10(8-18)7-12(14(16)17)15(20)19(13)9-11-3-2-6-21-11/h7,11H,2-6,8-9H2,1H3,(H3,16,17). The minimum absolute atomic E-state index is 0.105. The van der Waals surface area contributed by atoms with Crippen molar-refractivity contribution in [3.05, 3.63) is 33.2 Å². The number of pyridine rings is 1. The van der Waals surface area contributed by atoms with Crippen molar-refractivity contribution in [1.82, 2.24) is 9.47 Å². The lowest BCUT2D eigenvalue weighted by atomic mass is 10.0. The zero-order valence-electron chi connectivity index (χ0n) is 12.4. The van der Waals surface area contributed by atoms with Gasteiger partial charge in [0.05, 0.1) is 18.2 Å². The molecular formula is C15H22N4O2. The van der Waals surface area contributed by atoms with E-state index in [4.69, 9.17) is 15.9 Å². The maximum atomic E-state index is 12.6. The maximum Gasteiger partial charge on any atom is 0.261 e. The summed E-state index contributed by atoms with van der Waals surface area (Å²) in [4.78, 5) is 14.8. The molecule has 0 amide bonds. The Morgan fingerprint density at radius 1 is 1.57 bits per heavy atom. The lowest BCUT2D eigenvalue weighted by Gasteiger charge is -2.29. The number of ether oxygens (including phenoxy) is 1. The van der Waals surface area contributed by atoms with E-state index < -0.39 is 0 Å². The van der Waals surface area contributed by atoms with E-state index in [0.717, 1.165) is 50.2 Å². The number of nitrogens with zero attached hydrogens (tertiary/aromatic N) is 2. The van der Waals surface area contributed by atoms with Crippen molar-refractivity contribution in [2.24, 2.45) is 5.73 Å². The average molecular weight is 290 g/mol. The highest BCUT2D eigenvalue weighted by Crippen LogP contribution is 2.20.